The van der Waals surface area contributed by atoms with Crippen LogP contribution in [0.3, 0.4) is 0 Å². The number of carbonyl (C=O) groups excluding carboxylic acids is 1. The number of hydrogen-bond donors (Lipinski definition) is 3. The summed E-state index contributed by atoms with van der Waals surface area (Å²) < 4.78 is 5.43. The van der Waals surface area contributed by atoms with Gasteiger partial charge >= 0.3 is 6.03 Å². The summed E-state index contributed by atoms with van der Waals surface area (Å²) in [6.07, 6.45) is 1.69. The molecular formula is C17H23N3O3. The predicted molar refractivity (Wildman–Crippen MR) is 87.0 cm³/mol. The summed E-state index contributed by atoms with van der Waals surface area (Å²) in [7, 11) is 0. The van der Waals surface area contributed by atoms with Crippen molar-refractivity contribution in [3.8, 4) is 0 Å². The number of aliphatic hydroxyl groups is 1. The molecule has 0 aliphatic heterocycles. The van der Waals surface area contributed by atoms with Crippen molar-refractivity contribution in [1.82, 2.24) is 15.6 Å². The van der Waals surface area contributed by atoms with Gasteiger partial charge in [0.25, 0.3) is 0 Å². The molecule has 0 aliphatic carbocycles. The fraction of sp³-hybridized carbons (Fsp3) is 0.412. The van der Waals surface area contributed by atoms with Gasteiger partial charge in [0, 0.05) is 11.8 Å². The molecule has 2 amide bonds. The molecule has 2 aromatic heterocycles. The third-order valence-corrected chi connectivity index (χ3v) is 3.75. The summed E-state index contributed by atoms with van der Waals surface area (Å²) in [6.45, 7) is 7.62. The quantitative estimate of drug-likeness (QED) is 0.789. The first-order valence-corrected chi connectivity index (χ1v) is 7.51. The van der Waals surface area contributed by atoms with Crippen LogP contribution in [-0.4, -0.2) is 22.7 Å². The molecule has 0 bridgehead atoms. The molecule has 0 spiro atoms. The van der Waals surface area contributed by atoms with Crippen LogP contribution in [0.2, 0.25) is 0 Å². The van der Waals surface area contributed by atoms with E-state index < -0.39 is 5.60 Å². The topological polar surface area (TPSA) is 87.4 Å². The Morgan fingerprint density at radius 1 is 1.35 bits per heavy atom. The Hall–Kier alpha value is -2.34. The number of pyridine rings is 1. The van der Waals surface area contributed by atoms with Gasteiger partial charge in [0.2, 0.25) is 0 Å². The van der Waals surface area contributed by atoms with E-state index in [1.807, 2.05) is 26.0 Å². The molecule has 23 heavy (non-hydrogen) atoms. The van der Waals surface area contributed by atoms with E-state index in [0.717, 1.165) is 17.0 Å². The fourth-order valence-corrected chi connectivity index (χ4v) is 2.44. The maximum Gasteiger partial charge on any atom is 0.315 e. The van der Waals surface area contributed by atoms with Gasteiger partial charge in [-0.15, -0.1) is 0 Å². The van der Waals surface area contributed by atoms with Gasteiger partial charge in [-0.25, -0.2) is 4.79 Å². The van der Waals surface area contributed by atoms with Gasteiger partial charge < -0.3 is 20.2 Å². The normalized spacial score (nSPS) is 13.4. The molecule has 124 valence electrons. The van der Waals surface area contributed by atoms with Crippen molar-refractivity contribution >= 4 is 6.03 Å². The van der Waals surface area contributed by atoms with Crippen LogP contribution in [-0.2, 0) is 12.1 Å². The van der Waals surface area contributed by atoms with Gasteiger partial charge in [0.05, 0.1) is 18.8 Å². The maximum absolute atomic E-state index is 11.9. The van der Waals surface area contributed by atoms with Crippen molar-refractivity contribution in [3.63, 3.8) is 0 Å². The number of aryl methyl sites for hydroxylation is 3. The highest BCUT2D eigenvalue weighted by Gasteiger charge is 2.28. The first-order valence-electron chi connectivity index (χ1n) is 7.51. The first kappa shape index (κ1) is 17.0. The van der Waals surface area contributed by atoms with E-state index >= 15 is 0 Å². The van der Waals surface area contributed by atoms with E-state index in [4.69, 9.17) is 4.42 Å². The number of nitrogens with one attached hydrogen (secondary N) is 2. The molecule has 2 rings (SSSR count). The van der Waals surface area contributed by atoms with Gasteiger partial charge in [-0.2, -0.15) is 0 Å². The lowest BCUT2D eigenvalue weighted by Gasteiger charge is -2.23. The molecule has 0 aliphatic rings. The summed E-state index contributed by atoms with van der Waals surface area (Å²) in [5, 5.41) is 16.0. The van der Waals surface area contributed by atoms with Gasteiger partial charge in [0.15, 0.2) is 0 Å². The Morgan fingerprint density at radius 3 is 2.70 bits per heavy atom. The van der Waals surface area contributed by atoms with Crippen LogP contribution in [0.25, 0.3) is 0 Å². The van der Waals surface area contributed by atoms with Crippen molar-refractivity contribution in [2.45, 2.75) is 39.8 Å². The van der Waals surface area contributed by atoms with Gasteiger partial charge in [0.1, 0.15) is 17.1 Å². The minimum absolute atomic E-state index is 0.0832. The molecule has 6 heteroatoms. The SMILES string of the molecule is Cc1cc(C(C)(O)CNC(=O)NCc2ncccc2C)c(C)o1. The van der Waals surface area contributed by atoms with Crippen molar-refractivity contribution in [2.75, 3.05) is 6.54 Å². The monoisotopic (exact) mass is 317 g/mol. The number of nitrogens with zero attached hydrogens (tertiary/aromatic N) is 1. The molecule has 1 unspecified atom stereocenters. The van der Waals surface area contributed by atoms with E-state index in [-0.39, 0.29) is 12.6 Å². The average molecular weight is 317 g/mol. The molecule has 2 heterocycles. The molecule has 2 aromatic rings. The number of hydrogen-bond acceptors (Lipinski definition) is 4. The summed E-state index contributed by atoms with van der Waals surface area (Å²) in [5.74, 6) is 1.38. The molecule has 6 nitrogen and oxygen atoms in total. The second-order valence-corrected chi connectivity index (χ2v) is 5.90. The molecule has 0 saturated heterocycles. The Bertz CT molecular complexity index is 692. The second kappa shape index (κ2) is 6.83. The highest BCUT2D eigenvalue weighted by atomic mass is 16.3. The number of urea groups is 1. The van der Waals surface area contributed by atoms with E-state index in [2.05, 4.69) is 15.6 Å². The van der Waals surface area contributed by atoms with Crippen LogP contribution in [0.5, 0.6) is 0 Å². The minimum Gasteiger partial charge on any atom is -0.466 e. The summed E-state index contributed by atoms with van der Waals surface area (Å²) in [6, 6.07) is 5.22. The minimum atomic E-state index is -1.19. The molecule has 0 radical (unpaired) electrons. The lowest BCUT2D eigenvalue weighted by Crippen LogP contribution is -2.43. The van der Waals surface area contributed by atoms with E-state index in [1.54, 1.807) is 26.1 Å². The van der Waals surface area contributed by atoms with Crippen LogP contribution in [0, 0.1) is 20.8 Å². The predicted octanol–water partition coefficient (Wildman–Crippen LogP) is 2.31. The van der Waals surface area contributed by atoms with Crippen LogP contribution >= 0.6 is 0 Å². The van der Waals surface area contributed by atoms with Crippen molar-refractivity contribution < 1.29 is 14.3 Å². The Balaban J connectivity index is 1.89. The van der Waals surface area contributed by atoms with Gasteiger partial charge in [-0.1, -0.05) is 6.07 Å². The molecular weight excluding hydrogens is 294 g/mol. The first-order chi connectivity index (χ1) is 10.8. The Labute approximate surface area is 135 Å². The van der Waals surface area contributed by atoms with Gasteiger partial charge in [-0.05, 0) is 45.4 Å². The average Bonchev–Trinajstić information content (AvgIpc) is 2.84. The molecule has 0 saturated carbocycles. The molecule has 3 N–H and O–H groups in total. The second-order valence-electron chi connectivity index (χ2n) is 5.90. The smallest absolute Gasteiger partial charge is 0.315 e. The summed E-state index contributed by atoms with van der Waals surface area (Å²) in [5.41, 5.74) is 1.32. The number of carbonyl (C=O) groups is 1. The summed E-state index contributed by atoms with van der Waals surface area (Å²) >= 11 is 0. The van der Waals surface area contributed by atoms with Crippen molar-refractivity contribution in [2.24, 2.45) is 0 Å². The maximum atomic E-state index is 11.9. The van der Waals surface area contributed by atoms with E-state index in [9.17, 15) is 9.90 Å². The Kier molecular flexibility index (Phi) is 5.05. The van der Waals surface area contributed by atoms with Crippen molar-refractivity contribution in [1.29, 1.82) is 0 Å². The zero-order chi connectivity index (χ0) is 17.0. The fourth-order valence-electron chi connectivity index (χ4n) is 2.44. The van der Waals surface area contributed by atoms with Crippen LogP contribution in [0.1, 0.15) is 35.3 Å². The zero-order valence-electron chi connectivity index (χ0n) is 13.9. The van der Waals surface area contributed by atoms with Gasteiger partial charge in [-0.3, -0.25) is 4.98 Å². The standard InChI is InChI=1S/C17H23N3O3/c1-11-6-5-7-18-15(11)9-19-16(21)20-10-17(4,22)14-8-12(2)23-13(14)3/h5-8,22H,9-10H2,1-4H3,(H2,19,20,21). The van der Waals surface area contributed by atoms with Crippen LogP contribution in [0.15, 0.2) is 28.8 Å². The van der Waals surface area contributed by atoms with Crippen LogP contribution < -0.4 is 10.6 Å². The number of furan rings is 1. The lowest BCUT2D eigenvalue weighted by molar-refractivity contribution is 0.0579. The highest BCUT2D eigenvalue weighted by molar-refractivity contribution is 5.73. The van der Waals surface area contributed by atoms with E-state index in [1.165, 1.54) is 0 Å². The Morgan fingerprint density at radius 2 is 2.09 bits per heavy atom. The summed E-state index contributed by atoms with van der Waals surface area (Å²) in [4.78, 5) is 16.1. The molecule has 1 atom stereocenters. The number of aromatic nitrogens is 1. The lowest BCUT2D eigenvalue weighted by atomic mass is 9.96. The number of amides is 2. The third-order valence-electron chi connectivity index (χ3n) is 3.75. The molecule has 0 aromatic carbocycles. The van der Waals surface area contributed by atoms with Crippen LogP contribution in [0.4, 0.5) is 4.79 Å². The van der Waals surface area contributed by atoms with Crippen molar-refractivity contribution in [3.05, 3.63) is 52.7 Å². The zero-order valence-corrected chi connectivity index (χ0v) is 13.9. The number of rotatable bonds is 5. The molecule has 0 fully saturated rings. The van der Waals surface area contributed by atoms with E-state index in [0.29, 0.717) is 17.9 Å². The largest absolute Gasteiger partial charge is 0.466 e. The highest BCUT2D eigenvalue weighted by Crippen LogP contribution is 2.26. The third kappa shape index (κ3) is 4.32.